The molecule has 1 aliphatic rings. The standard InChI is InChI=1S/C27H36F2N2O4/c1-15-21(17-12-19(28)18(14-32)20(29)13-17)23(31-10-8-27(6,7)9-11-31)22(16(2)30-15)24(25(33)34)35-26(3,4)5/h12-13,24,32H,8-11,14H2,1-7H3,(H,33,34)/t24-/m0/s1. The molecular formula is C27H36F2N2O4. The van der Waals surface area contributed by atoms with Crippen LogP contribution in [0.1, 0.15) is 76.1 Å². The number of aryl methyl sites for hydroxylation is 2. The molecule has 1 fully saturated rings. The zero-order valence-electron chi connectivity index (χ0n) is 21.6. The van der Waals surface area contributed by atoms with E-state index in [2.05, 4.69) is 23.7 Å². The molecule has 1 aromatic heterocycles. The summed E-state index contributed by atoms with van der Waals surface area (Å²) in [6, 6.07) is 2.35. The van der Waals surface area contributed by atoms with Gasteiger partial charge in [0.15, 0.2) is 6.10 Å². The number of benzene rings is 1. The van der Waals surface area contributed by atoms with Crippen LogP contribution in [0.2, 0.25) is 0 Å². The monoisotopic (exact) mass is 490 g/mol. The first-order valence-corrected chi connectivity index (χ1v) is 11.9. The Labute approximate surface area is 205 Å². The summed E-state index contributed by atoms with van der Waals surface area (Å²) in [5.41, 5.74) is 1.66. The number of carbonyl (C=O) groups is 1. The van der Waals surface area contributed by atoms with Crippen molar-refractivity contribution < 1.29 is 28.5 Å². The van der Waals surface area contributed by atoms with Crippen molar-refractivity contribution in [2.45, 2.75) is 79.6 Å². The molecule has 0 saturated carbocycles. The molecule has 1 saturated heterocycles. The molecule has 1 aromatic carbocycles. The van der Waals surface area contributed by atoms with Crippen molar-refractivity contribution in [3.05, 3.63) is 46.3 Å². The number of halogens is 2. The molecule has 0 radical (unpaired) electrons. The summed E-state index contributed by atoms with van der Waals surface area (Å²) < 4.78 is 35.5. The number of aliphatic hydroxyl groups is 1. The van der Waals surface area contributed by atoms with E-state index in [0.29, 0.717) is 41.3 Å². The van der Waals surface area contributed by atoms with E-state index in [1.807, 2.05) is 0 Å². The Bertz CT molecular complexity index is 1090. The summed E-state index contributed by atoms with van der Waals surface area (Å²) in [6.45, 7) is 13.7. The predicted octanol–water partition coefficient (Wildman–Crippen LogP) is 5.70. The van der Waals surface area contributed by atoms with Crippen LogP contribution in [0, 0.1) is 30.9 Å². The molecule has 192 valence electrons. The average molecular weight is 491 g/mol. The van der Waals surface area contributed by atoms with Crippen LogP contribution in [0.25, 0.3) is 11.1 Å². The normalized spacial score (nSPS) is 16.9. The predicted molar refractivity (Wildman–Crippen MR) is 131 cm³/mol. The molecule has 1 atom stereocenters. The smallest absolute Gasteiger partial charge is 0.337 e. The lowest BCUT2D eigenvalue weighted by atomic mass is 9.81. The van der Waals surface area contributed by atoms with Crippen molar-refractivity contribution in [1.29, 1.82) is 0 Å². The Kier molecular flexibility index (Phi) is 7.58. The third-order valence-corrected chi connectivity index (χ3v) is 6.56. The average Bonchev–Trinajstić information content (AvgIpc) is 2.71. The SMILES string of the molecule is Cc1nc(C)c([C@H](OC(C)(C)C)C(=O)O)c(N2CCC(C)(C)CC2)c1-c1cc(F)c(CO)c(F)c1. The van der Waals surface area contributed by atoms with Gasteiger partial charge in [0.05, 0.1) is 17.9 Å². The van der Waals surface area contributed by atoms with Crippen LogP contribution in [0.4, 0.5) is 14.5 Å². The summed E-state index contributed by atoms with van der Waals surface area (Å²) in [5, 5.41) is 19.6. The summed E-state index contributed by atoms with van der Waals surface area (Å²) in [5.74, 6) is -2.89. The molecule has 0 bridgehead atoms. The first-order valence-electron chi connectivity index (χ1n) is 11.9. The number of aromatic nitrogens is 1. The van der Waals surface area contributed by atoms with Crippen molar-refractivity contribution >= 4 is 11.7 Å². The van der Waals surface area contributed by atoms with Crippen LogP contribution in [0.5, 0.6) is 0 Å². The Balaban J connectivity index is 2.35. The highest BCUT2D eigenvalue weighted by Gasteiger charge is 2.36. The zero-order valence-corrected chi connectivity index (χ0v) is 21.6. The largest absolute Gasteiger partial charge is 0.479 e. The van der Waals surface area contributed by atoms with E-state index < -0.39 is 41.5 Å². The van der Waals surface area contributed by atoms with E-state index in [1.165, 1.54) is 12.1 Å². The molecule has 0 spiro atoms. The molecule has 3 rings (SSSR count). The third-order valence-electron chi connectivity index (χ3n) is 6.56. The maximum atomic E-state index is 14.7. The first kappa shape index (κ1) is 27.0. The van der Waals surface area contributed by atoms with E-state index in [9.17, 15) is 23.8 Å². The lowest BCUT2D eigenvalue weighted by molar-refractivity contribution is -0.160. The number of carboxylic acid groups (broad SMARTS) is 1. The lowest BCUT2D eigenvalue weighted by Gasteiger charge is -2.41. The summed E-state index contributed by atoms with van der Waals surface area (Å²) in [6.07, 6.45) is 0.422. The number of carboxylic acids is 1. The van der Waals surface area contributed by atoms with E-state index in [-0.39, 0.29) is 11.0 Å². The molecule has 8 heteroatoms. The van der Waals surface area contributed by atoms with Crippen LogP contribution >= 0.6 is 0 Å². The van der Waals surface area contributed by atoms with E-state index in [0.717, 1.165) is 12.8 Å². The summed E-state index contributed by atoms with van der Waals surface area (Å²) in [4.78, 5) is 19.2. The van der Waals surface area contributed by atoms with Gasteiger partial charge in [-0.2, -0.15) is 0 Å². The highest BCUT2D eigenvalue weighted by Crippen LogP contribution is 2.45. The lowest BCUT2D eigenvalue weighted by Crippen LogP contribution is -2.39. The van der Waals surface area contributed by atoms with Crippen molar-refractivity contribution in [2.24, 2.45) is 5.41 Å². The second-order valence-corrected chi connectivity index (χ2v) is 11.1. The number of ether oxygens (including phenoxy) is 1. The Morgan fingerprint density at radius 2 is 1.69 bits per heavy atom. The molecule has 1 aliphatic heterocycles. The summed E-state index contributed by atoms with van der Waals surface area (Å²) >= 11 is 0. The fourth-order valence-electron chi connectivity index (χ4n) is 4.65. The number of nitrogens with zero attached hydrogens (tertiary/aromatic N) is 2. The molecule has 2 aromatic rings. The van der Waals surface area contributed by atoms with Crippen LogP contribution in [0.15, 0.2) is 12.1 Å². The number of pyridine rings is 1. The van der Waals surface area contributed by atoms with Crippen LogP contribution in [-0.4, -0.2) is 39.9 Å². The molecule has 0 aliphatic carbocycles. The molecule has 0 amide bonds. The minimum atomic E-state index is -1.32. The fourth-order valence-corrected chi connectivity index (χ4v) is 4.65. The topological polar surface area (TPSA) is 82.9 Å². The highest BCUT2D eigenvalue weighted by molar-refractivity contribution is 5.88. The van der Waals surface area contributed by atoms with E-state index in [4.69, 9.17) is 4.74 Å². The van der Waals surface area contributed by atoms with Gasteiger partial charge in [-0.3, -0.25) is 4.98 Å². The Morgan fingerprint density at radius 1 is 1.14 bits per heavy atom. The van der Waals surface area contributed by atoms with Gasteiger partial charge in [-0.1, -0.05) is 13.8 Å². The first-order chi connectivity index (χ1) is 16.1. The third kappa shape index (κ3) is 5.81. The molecule has 2 heterocycles. The zero-order chi connectivity index (χ0) is 26.3. The molecule has 35 heavy (non-hydrogen) atoms. The number of hydrogen-bond donors (Lipinski definition) is 2. The van der Waals surface area contributed by atoms with Gasteiger partial charge in [-0.05, 0) is 70.6 Å². The number of piperidine rings is 1. The van der Waals surface area contributed by atoms with Gasteiger partial charge < -0.3 is 19.8 Å². The van der Waals surface area contributed by atoms with Crippen molar-refractivity contribution in [2.75, 3.05) is 18.0 Å². The number of aliphatic hydroxyl groups excluding tert-OH is 1. The number of aliphatic carboxylic acids is 1. The Morgan fingerprint density at radius 3 is 2.14 bits per heavy atom. The number of anilines is 1. The number of rotatable bonds is 6. The minimum absolute atomic E-state index is 0.128. The van der Waals surface area contributed by atoms with Gasteiger partial charge in [-0.15, -0.1) is 0 Å². The second kappa shape index (κ2) is 9.82. The molecule has 0 unspecified atom stereocenters. The van der Waals surface area contributed by atoms with E-state index in [1.54, 1.807) is 34.6 Å². The van der Waals surface area contributed by atoms with Gasteiger partial charge >= 0.3 is 5.97 Å². The van der Waals surface area contributed by atoms with Crippen LogP contribution in [-0.2, 0) is 16.1 Å². The Hall–Kier alpha value is -2.58. The van der Waals surface area contributed by atoms with Crippen LogP contribution in [0.3, 0.4) is 0 Å². The second-order valence-electron chi connectivity index (χ2n) is 11.1. The van der Waals surface area contributed by atoms with Gasteiger partial charge in [0.25, 0.3) is 0 Å². The highest BCUT2D eigenvalue weighted by atomic mass is 19.1. The van der Waals surface area contributed by atoms with Crippen molar-refractivity contribution in [1.82, 2.24) is 4.98 Å². The fraction of sp³-hybridized carbons (Fsp3) is 0.556. The molecular weight excluding hydrogens is 454 g/mol. The van der Waals surface area contributed by atoms with Gasteiger partial charge in [0.1, 0.15) is 11.6 Å². The minimum Gasteiger partial charge on any atom is -0.479 e. The van der Waals surface area contributed by atoms with Gasteiger partial charge in [0, 0.05) is 41.2 Å². The number of hydrogen-bond acceptors (Lipinski definition) is 5. The summed E-state index contributed by atoms with van der Waals surface area (Å²) in [7, 11) is 0. The van der Waals surface area contributed by atoms with Crippen LogP contribution < -0.4 is 4.90 Å². The quantitative estimate of drug-likeness (QED) is 0.540. The van der Waals surface area contributed by atoms with E-state index >= 15 is 0 Å². The van der Waals surface area contributed by atoms with Crippen molar-refractivity contribution in [3.63, 3.8) is 0 Å². The molecule has 2 N–H and O–H groups in total. The maximum absolute atomic E-state index is 14.7. The van der Waals surface area contributed by atoms with Gasteiger partial charge in [-0.25, -0.2) is 13.6 Å². The van der Waals surface area contributed by atoms with Gasteiger partial charge in [0.2, 0.25) is 0 Å². The molecule has 6 nitrogen and oxygen atoms in total. The van der Waals surface area contributed by atoms with Crippen molar-refractivity contribution in [3.8, 4) is 11.1 Å². The maximum Gasteiger partial charge on any atom is 0.337 e.